The summed E-state index contributed by atoms with van der Waals surface area (Å²) in [5, 5.41) is 0. The summed E-state index contributed by atoms with van der Waals surface area (Å²) >= 11 is 0. The topological polar surface area (TPSA) is 26.3 Å². The van der Waals surface area contributed by atoms with E-state index in [1.165, 1.54) is 48.0 Å². The number of carbonyl (C=O) groups excluding carboxylic acids is 1. The van der Waals surface area contributed by atoms with Crippen molar-refractivity contribution < 1.29 is 9.53 Å². The first-order chi connectivity index (χ1) is 16.2. The molecule has 3 unspecified atom stereocenters. The van der Waals surface area contributed by atoms with Gasteiger partial charge in [0.1, 0.15) is 5.94 Å². The quantitative estimate of drug-likeness (QED) is 0.199. The fourth-order valence-corrected chi connectivity index (χ4v) is 5.61. The molecule has 1 aliphatic carbocycles. The Kier molecular flexibility index (Phi) is 11.3. The summed E-state index contributed by atoms with van der Waals surface area (Å²) in [7, 11) is 0. The SMILES string of the molecule is CCCCC12OC(C)(CC/C=C(\C)CCC/C(C)=C/CCC(C)=C=O)CCC1=CC=C(C)C2C. The highest BCUT2D eigenvalue weighted by molar-refractivity contribution is 5.51. The third-order valence-corrected chi connectivity index (χ3v) is 8.22. The summed E-state index contributed by atoms with van der Waals surface area (Å²) < 4.78 is 7.14. The lowest BCUT2D eigenvalue weighted by molar-refractivity contribution is -0.177. The molecule has 0 amide bonds. The summed E-state index contributed by atoms with van der Waals surface area (Å²) in [5.41, 5.74) is 6.60. The Bertz CT molecular complexity index is 848. The average molecular weight is 467 g/mol. The van der Waals surface area contributed by atoms with E-state index in [9.17, 15) is 4.79 Å². The predicted molar refractivity (Wildman–Crippen MR) is 147 cm³/mol. The number of hydrogen-bond donors (Lipinski definition) is 0. The van der Waals surface area contributed by atoms with E-state index in [-0.39, 0.29) is 11.2 Å². The van der Waals surface area contributed by atoms with Gasteiger partial charge in [0.2, 0.25) is 0 Å². The Morgan fingerprint density at radius 1 is 1.06 bits per heavy atom. The zero-order valence-electron chi connectivity index (χ0n) is 23.2. The number of hydrogen-bond acceptors (Lipinski definition) is 2. The van der Waals surface area contributed by atoms with Crippen molar-refractivity contribution in [3.8, 4) is 0 Å². The number of rotatable bonds is 13. The molecule has 34 heavy (non-hydrogen) atoms. The molecule has 190 valence electrons. The van der Waals surface area contributed by atoms with Crippen molar-refractivity contribution in [3.05, 3.63) is 52.2 Å². The van der Waals surface area contributed by atoms with Crippen LogP contribution >= 0.6 is 0 Å². The number of ether oxygens (including phenoxy) is 1. The number of fused-ring (bicyclic) bond motifs is 1. The van der Waals surface area contributed by atoms with Crippen LogP contribution in [0.25, 0.3) is 0 Å². The Labute approximate surface area is 210 Å². The smallest absolute Gasteiger partial charge is 0.123 e. The lowest BCUT2D eigenvalue weighted by Crippen LogP contribution is -2.53. The molecule has 0 saturated carbocycles. The van der Waals surface area contributed by atoms with E-state index in [2.05, 4.69) is 65.8 Å². The Morgan fingerprint density at radius 3 is 2.38 bits per heavy atom. The van der Waals surface area contributed by atoms with Crippen LogP contribution in [0.4, 0.5) is 0 Å². The molecule has 2 nitrogen and oxygen atoms in total. The molecule has 0 aromatic rings. The highest BCUT2D eigenvalue weighted by atomic mass is 16.5. The van der Waals surface area contributed by atoms with E-state index in [0.717, 1.165) is 56.9 Å². The van der Waals surface area contributed by atoms with Gasteiger partial charge in [-0.25, -0.2) is 4.79 Å². The number of allylic oxidation sites excluding steroid dienone is 7. The molecule has 2 rings (SSSR count). The first kappa shape index (κ1) is 28.6. The van der Waals surface area contributed by atoms with Crippen LogP contribution in [-0.4, -0.2) is 17.1 Å². The molecule has 0 N–H and O–H groups in total. The molecular weight excluding hydrogens is 416 g/mol. The molecule has 1 aliphatic heterocycles. The summed E-state index contributed by atoms with van der Waals surface area (Å²) in [6.07, 6.45) is 22.8. The maximum atomic E-state index is 10.6. The molecule has 0 radical (unpaired) electrons. The normalized spacial score (nSPS) is 27.6. The lowest BCUT2D eigenvalue weighted by Gasteiger charge is -2.53. The van der Waals surface area contributed by atoms with Gasteiger partial charge in [0, 0.05) is 11.5 Å². The molecule has 1 fully saturated rings. The molecule has 3 atom stereocenters. The zero-order chi connectivity index (χ0) is 25.2. The van der Waals surface area contributed by atoms with Gasteiger partial charge in [0.25, 0.3) is 0 Å². The fourth-order valence-electron chi connectivity index (χ4n) is 5.61. The fraction of sp³-hybridized carbons (Fsp3) is 0.688. The van der Waals surface area contributed by atoms with Crippen molar-refractivity contribution in [3.63, 3.8) is 0 Å². The van der Waals surface area contributed by atoms with Crippen molar-refractivity contribution in [1.29, 1.82) is 0 Å². The second-order valence-corrected chi connectivity index (χ2v) is 11.3. The van der Waals surface area contributed by atoms with Gasteiger partial charge in [-0.15, -0.1) is 0 Å². The summed E-state index contributed by atoms with van der Waals surface area (Å²) in [4.78, 5) is 10.6. The molecule has 0 aromatic heterocycles. The first-order valence-corrected chi connectivity index (χ1v) is 13.8. The highest BCUT2D eigenvalue weighted by Gasteiger charge is 2.49. The minimum atomic E-state index is -0.0927. The van der Waals surface area contributed by atoms with Crippen LogP contribution in [0.5, 0.6) is 0 Å². The summed E-state index contributed by atoms with van der Waals surface area (Å²) in [5.74, 6) is 2.45. The van der Waals surface area contributed by atoms with Crippen LogP contribution in [0.2, 0.25) is 0 Å². The van der Waals surface area contributed by atoms with Crippen molar-refractivity contribution >= 4 is 5.94 Å². The van der Waals surface area contributed by atoms with Gasteiger partial charge < -0.3 is 4.74 Å². The van der Waals surface area contributed by atoms with Crippen molar-refractivity contribution in [1.82, 2.24) is 0 Å². The van der Waals surface area contributed by atoms with Gasteiger partial charge in [0.15, 0.2) is 0 Å². The van der Waals surface area contributed by atoms with Crippen LogP contribution in [-0.2, 0) is 9.53 Å². The second-order valence-electron chi connectivity index (χ2n) is 11.3. The molecule has 0 aromatic carbocycles. The first-order valence-electron chi connectivity index (χ1n) is 13.8. The van der Waals surface area contributed by atoms with E-state index in [0.29, 0.717) is 5.92 Å². The molecule has 1 heterocycles. The van der Waals surface area contributed by atoms with Crippen molar-refractivity contribution in [2.45, 2.75) is 137 Å². The predicted octanol–water partition coefficient (Wildman–Crippen LogP) is 9.41. The van der Waals surface area contributed by atoms with E-state index >= 15 is 0 Å². The van der Waals surface area contributed by atoms with Gasteiger partial charge in [0.05, 0.1) is 11.2 Å². The van der Waals surface area contributed by atoms with Crippen molar-refractivity contribution in [2.24, 2.45) is 5.92 Å². The van der Waals surface area contributed by atoms with Crippen LogP contribution in [0.15, 0.2) is 52.2 Å². The van der Waals surface area contributed by atoms with Gasteiger partial charge in [-0.2, -0.15) is 0 Å². The maximum Gasteiger partial charge on any atom is 0.123 e. The van der Waals surface area contributed by atoms with Gasteiger partial charge in [-0.05, 0) is 104 Å². The minimum Gasteiger partial charge on any atom is -0.364 e. The third-order valence-electron chi connectivity index (χ3n) is 8.22. The Morgan fingerprint density at radius 2 is 1.74 bits per heavy atom. The number of unbranched alkanes of at least 4 members (excludes halogenated alkanes) is 1. The van der Waals surface area contributed by atoms with Crippen molar-refractivity contribution in [2.75, 3.05) is 0 Å². The Balaban J connectivity index is 1.87. The molecule has 1 saturated heterocycles. The molecule has 0 spiro atoms. The lowest BCUT2D eigenvalue weighted by atomic mass is 9.67. The molecular formula is C32H50O2. The highest BCUT2D eigenvalue weighted by Crippen LogP contribution is 2.51. The van der Waals surface area contributed by atoms with E-state index in [4.69, 9.17) is 4.74 Å². The zero-order valence-corrected chi connectivity index (χ0v) is 23.2. The van der Waals surface area contributed by atoms with E-state index in [1.54, 1.807) is 0 Å². The summed E-state index contributed by atoms with van der Waals surface area (Å²) in [6.45, 7) is 15.6. The molecule has 0 bridgehead atoms. The minimum absolute atomic E-state index is 0.0405. The van der Waals surface area contributed by atoms with Gasteiger partial charge in [-0.1, -0.05) is 67.7 Å². The van der Waals surface area contributed by atoms with Crippen LogP contribution in [0, 0.1) is 5.92 Å². The van der Waals surface area contributed by atoms with E-state index < -0.39 is 0 Å². The van der Waals surface area contributed by atoms with E-state index in [1.807, 2.05) is 12.9 Å². The molecule has 2 heteroatoms. The maximum absolute atomic E-state index is 10.6. The van der Waals surface area contributed by atoms with Crippen LogP contribution in [0.3, 0.4) is 0 Å². The summed E-state index contributed by atoms with van der Waals surface area (Å²) in [6, 6.07) is 0. The van der Waals surface area contributed by atoms with Gasteiger partial charge in [-0.3, -0.25) is 0 Å². The largest absolute Gasteiger partial charge is 0.364 e. The third kappa shape index (κ3) is 7.96. The van der Waals surface area contributed by atoms with Crippen LogP contribution < -0.4 is 0 Å². The molecule has 2 aliphatic rings. The van der Waals surface area contributed by atoms with Gasteiger partial charge >= 0.3 is 0 Å². The second kappa shape index (κ2) is 13.5. The standard InChI is InChI=1S/C32H50O2/c1-8-9-22-32-29(6)28(5)18-19-30(32)20-23-31(7,34-32)21-12-17-26(3)14-10-13-25(2)15-11-16-27(4)24-33/h15,17-19,29H,8-14,16,20-23H2,1-7H3/b25-15+,26-17+. The monoisotopic (exact) mass is 466 g/mol. The average Bonchev–Trinajstić information content (AvgIpc) is 2.80. The Hall–Kier alpha value is -1.63. The van der Waals surface area contributed by atoms with Crippen LogP contribution in [0.1, 0.15) is 126 Å².